The molecular formula is C29H51NO5Si. The Bertz CT molecular complexity index is 831. The first-order valence-corrected chi connectivity index (χ1v) is 15.9. The minimum absolute atomic E-state index is 0.0179. The van der Waals surface area contributed by atoms with E-state index in [1.165, 1.54) is 17.7 Å². The van der Waals surface area contributed by atoms with Crippen LogP contribution in [0.4, 0.5) is 0 Å². The van der Waals surface area contributed by atoms with Crippen LogP contribution in [0, 0.1) is 17.8 Å². The molecule has 0 heterocycles. The van der Waals surface area contributed by atoms with Gasteiger partial charge in [-0.2, -0.15) is 0 Å². The summed E-state index contributed by atoms with van der Waals surface area (Å²) in [7, 11) is 2.83. The lowest BCUT2D eigenvalue weighted by Crippen LogP contribution is -2.47. The first kappa shape index (κ1) is 32.4. The van der Waals surface area contributed by atoms with Gasteiger partial charge in [0.05, 0.1) is 33.5 Å². The van der Waals surface area contributed by atoms with Gasteiger partial charge in [0.1, 0.15) is 5.75 Å². The van der Waals surface area contributed by atoms with Crippen molar-refractivity contribution in [3.8, 4) is 5.75 Å². The van der Waals surface area contributed by atoms with Gasteiger partial charge in [0.2, 0.25) is 5.91 Å². The lowest BCUT2D eigenvalue weighted by molar-refractivity contribution is -0.172. The van der Waals surface area contributed by atoms with Crippen molar-refractivity contribution in [1.29, 1.82) is 0 Å². The number of methoxy groups -OCH3 is 1. The lowest BCUT2D eigenvalue weighted by Gasteiger charge is -2.42. The number of hydroxylamine groups is 2. The number of benzene rings is 1. The van der Waals surface area contributed by atoms with Gasteiger partial charge in [0, 0.05) is 18.9 Å². The molecule has 0 saturated carbocycles. The molecule has 6 nitrogen and oxygen atoms in total. The molecule has 0 radical (unpaired) electrons. The minimum Gasteiger partial charge on any atom is -0.497 e. The van der Waals surface area contributed by atoms with Crippen molar-refractivity contribution in [3.05, 3.63) is 41.5 Å². The molecule has 4 atom stereocenters. The van der Waals surface area contributed by atoms with E-state index in [0.29, 0.717) is 19.6 Å². The second-order valence-electron chi connectivity index (χ2n) is 11.7. The first-order chi connectivity index (χ1) is 16.6. The molecule has 1 amide bonds. The molecule has 1 rings (SSSR count). The van der Waals surface area contributed by atoms with Crippen molar-refractivity contribution in [1.82, 2.24) is 5.06 Å². The fourth-order valence-corrected chi connectivity index (χ4v) is 5.50. The molecule has 0 aliphatic carbocycles. The molecule has 0 unspecified atom stereocenters. The molecule has 0 fully saturated rings. The van der Waals surface area contributed by atoms with Crippen molar-refractivity contribution in [2.24, 2.45) is 17.8 Å². The largest absolute Gasteiger partial charge is 0.497 e. The third-order valence-corrected chi connectivity index (χ3v) is 11.8. The number of nitrogens with zero attached hydrogens (tertiary/aromatic N) is 1. The van der Waals surface area contributed by atoms with Crippen molar-refractivity contribution < 1.29 is 23.5 Å². The van der Waals surface area contributed by atoms with E-state index >= 15 is 0 Å². The van der Waals surface area contributed by atoms with Crippen LogP contribution in [0.1, 0.15) is 60.5 Å². The van der Waals surface area contributed by atoms with Crippen LogP contribution in [-0.2, 0) is 25.4 Å². The highest BCUT2D eigenvalue weighted by molar-refractivity contribution is 6.74. The molecule has 7 heteroatoms. The molecular weight excluding hydrogens is 470 g/mol. The molecule has 0 saturated heterocycles. The van der Waals surface area contributed by atoms with E-state index in [4.69, 9.17) is 18.7 Å². The number of allylic oxidation sites excluding steroid dienone is 1. The van der Waals surface area contributed by atoms with Crippen molar-refractivity contribution in [3.63, 3.8) is 0 Å². The van der Waals surface area contributed by atoms with Gasteiger partial charge in [0.15, 0.2) is 8.32 Å². The van der Waals surface area contributed by atoms with Crippen LogP contribution in [-0.4, -0.2) is 53.3 Å². The number of amides is 1. The van der Waals surface area contributed by atoms with Gasteiger partial charge in [-0.15, -0.1) is 0 Å². The standard InChI is InChI=1S/C29H51NO5Si/c1-21(18-23(3)28(31)30(8)33-10)17-22(2)27(35-36(11,12)29(5,6)7)24(4)19-34-20-25-13-15-26(32-9)16-14-25/h13-17,22-24,27H,18-20H2,1-12H3/b21-17-/t22-,23-,24-,27+/m0/s1. The predicted octanol–water partition coefficient (Wildman–Crippen LogP) is 6.87. The zero-order valence-corrected chi connectivity index (χ0v) is 25.8. The summed E-state index contributed by atoms with van der Waals surface area (Å²) < 4.78 is 18.3. The van der Waals surface area contributed by atoms with E-state index in [1.807, 2.05) is 31.2 Å². The summed E-state index contributed by atoms with van der Waals surface area (Å²) in [4.78, 5) is 17.5. The van der Waals surface area contributed by atoms with Crippen LogP contribution < -0.4 is 4.74 Å². The van der Waals surface area contributed by atoms with Crippen LogP contribution in [0.5, 0.6) is 5.75 Å². The maximum atomic E-state index is 12.4. The van der Waals surface area contributed by atoms with E-state index in [1.54, 1.807) is 14.2 Å². The van der Waals surface area contributed by atoms with Gasteiger partial charge < -0.3 is 13.9 Å². The minimum atomic E-state index is -2.00. The normalized spacial score (nSPS) is 16.3. The monoisotopic (exact) mass is 521 g/mol. The van der Waals surface area contributed by atoms with E-state index in [2.05, 4.69) is 60.7 Å². The maximum Gasteiger partial charge on any atom is 0.248 e. The number of hydrogen-bond donors (Lipinski definition) is 0. The van der Waals surface area contributed by atoms with Gasteiger partial charge in [-0.3, -0.25) is 9.63 Å². The highest BCUT2D eigenvalue weighted by Crippen LogP contribution is 2.39. The summed E-state index contributed by atoms with van der Waals surface area (Å²) in [6.45, 7) is 21.0. The second-order valence-corrected chi connectivity index (χ2v) is 16.4. The van der Waals surface area contributed by atoms with Gasteiger partial charge in [-0.05, 0) is 55.1 Å². The topological polar surface area (TPSA) is 57.2 Å². The van der Waals surface area contributed by atoms with Crippen molar-refractivity contribution >= 4 is 14.2 Å². The smallest absolute Gasteiger partial charge is 0.248 e. The Kier molecular flexibility index (Phi) is 12.9. The summed E-state index contributed by atoms with van der Waals surface area (Å²) in [6.07, 6.45) is 2.98. The molecule has 0 bridgehead atoms. The van der Waals surface area contributed by atoms with Crippen LogP contribution in [0.3, 0.4) is 0 Å². The molecule has 36 heavy (non-hydrogen) atoms. The van der Waals surface area contributed by atoms with Gasteiger partial charge in [-0.25, -0.2) is 5.06 Å². The molecule has 0 aliphatic rings. The number of carbonyl (C=O) groups excluding carboxylic acids is 1. The Balaban J connectivity index is 2.97. The molecule has 0 aromatic heterocycles. The summed E-state index contributed by atoms with van der Waals surface area (Å²) in [5, 5.41) is 1.41. The van der Waals surface area contributed by atoms with Crippen LogP contribution in [0.15, 0.2) is 35.9 Å². The summed E-state index contributed by atoms with van der Waals surface area (Å²) in [5.41, 5.74) is 2.30. The number of carbonyl (C=O) groups is 1. The van der Waals surface area contributed by atoms with Gasteiger partial charge in [0.25, 0.3) is 0 Å². The predicted molar refractivity (Wildman–Crippen MR) is 150 cm³/mol. The summed E-state index contributed by atoms with van der Waals surface area (Å²) >= 11 is 0. The van der Waals surface area contributed by atoms with E-state index < -0.39 is 8.32 Å². The van der Waals surface area contributed by atoms with Gasteiger partial charge >= 0.3 is 0 Å². The molecule has 206 valence electrons. The number of rotatable bonds is 14. The fourth-order valence-electron chi connectivity index (χ4n) is 4.02. The lowest BCUT2D eigenvalue weighted by atomic mass is 9.90. The van der Waals surface area contributed by atoms with Crippen molar-refractivity contribution in [2.75, 3.05) is 27.9 Å². The first-order valence-electron chi connectivity index (χ1n) is 13.0. The van der Waals surface area contributed by atoms with Crippen LogP contribution in [0.25, 0.3) is 0 Å². The summed E-state index contributed by atoms with van der Waals surface area (Å²) in [6, 6.07) is 7.98. The third kappa shape index (κ3) is 10.00. The SMILES string of the molecule is COc1ccc(COC[C@H](C)[C@H](O[Si](C)(C)C(C)(C)C)[C@@H](C)/C=C(/C)C[C@H](C)C(=O)N(C)OC)cc1. The molecule has 0 aliphatic heterocycles. The third-order valence-electron chi connectivity index (χ3n) is 7.31. The second kappa shape index (κ2) is 14.3. The zero-order chi connectivity index (χ0) is 27.7. The molecule has 1 aromatic rings. The quantitative estimate of drug-likeness (QED) is 0.152. The van der Waals surface area contributed by atoms with Crippen molar-refractivity contribution in [2.45, 2.75) is 85.7 Å². The van der Waals surface area contributed by atoms with Gasteiger partial charge in [-0.1, -0.05) is 65.3 Å². The summed E-state index contributed by atoms with van der Waals surface area (Å²) in [5.74, 6) is 1.06. The fraction of sp³-hybridized carbons (Fsp3) is 0.690. The number of hydrogen-bond acceptors (Lipinski definition) is 5. The average Bonchev–Trinajstić information content (AvgIpc) is 2.80. The zero-order valence-electron chi connectivity index (χ0n) is 24.8. The Morgan fingerprint density at radius 2 is 1.67 bits per heavy atom. The average molecular weight is 522 g/mol. The highest BCUT2D eigenvalue weighted by atomic mass is 28.4. The molecule has 1 aromatic carbocycles. The Hall–Kier alpha value is -1.67. The van der Waals surface area contributed by atoms with E-state index in [-0.39, 0.29) is 34.8 Å². The Morgan fingerprint density at radius 3 is 2.17 bits per heavy atom. The Labute approximate surface area is 221 Å². The van der Waals surface area contributed by atoms with Crippen LogP contribution >= 0.6 is 0 Å². The van der Waals surface area contributed by atoms with Crippen LogP contribution in [0.2, 0.25) is 18.1 Å². The number of ether oxygens (including phenoxy) is 2. The molecule has 0 spiro atoms. The van der Waals surface area contributed by atoms with E-state index in [9.17, 15) is 4.79 Å². The Morgan fingerprint density at radius 1 is 1.08 bits per heavy atom. The van der Waals surface area contributed by atoms with E-state index in [0.717, 1.165) is 11.3 Å². The molecule has 0 N–H and O–H groups in total. The maximum absolute atomic E-state index is 12.4. The highest BCUT2D eigenvalue weighted by Gasteiger charge is 2.41.